The van der Waals surface area contributed by atoms with Crippen LogP contribution in [0.1, 0.15) is 27.0 Å². The van der Waals surface area contributed by atoms with E-state index in [0.29, 0.717) is 11.3 Å². The average molecular weight is 387 g/mol. The maximum Gasteiger partial charge on any atom is 0.255 e. The number of nitrogens with one attached hydrogen (secondary N) is 3. The number of hydrogen-bond donors (Lipinski definition) is 3. The number of rotatable bonds is 6. The van der Waals surface area contributed by atoms with Crippen LogP contribution in [0.3, 0.4) is 0 Å². The number of carbonyl (C=O) groups is 2. The van der Waals surface area contributed by atoms with Gasteiger partial charge in [-0.2, -0.15) is 0 Å². The van der Waals surface area contributed by atoms with Gasteiger partial charge in [0.2, 0.25) is 5.91 Å². The molecule has 0 saturated heterocycles. The van der Waals surface area contributed by atoms with Gasteiger partial charge in [-0.15, -0.1) is 0 Å². The normalized spacial score (nSPS) is 10.3. The minimum absolute atomic E-state index is 0.120. The fourth-order valence-corrected chi connectivity index (χ4v) is 2.87. The Hall–Kier alpha value is -3.60. The van der Waals surface area contributed by atoms with Crippen molar-refractivity contribution in [2.24, 2.45) is 0 Å². The van der Waals surface area contributed by atoms with Crippen molar-refractivity contribution in [3.8, 4) is 0 Å². The van der Waals surface area contributed by atoms with Crippen LogP contribution < -0.4 is 16.0 Å². The molecule has 0 bridgehead atoms. The molecular formula is C24H25N3O2. The molecule has 0 aliphatic rings. The minimum Gasteiger partial charge on any atom is -0.376 e. The first-order chi connectivity index (χ1) is 13.9. The highest BCUT2D eigenvalue weighted by Gasteiger charge is 2.07. The number of anilines is 3. The molecule has 29 heavy (non-hydrogen) atoms. The van der Waals surface area contributed by atoms with Crippen LogP contribution in [-0.2, 0) is 4.79 Å². The van der Waals surface area contributed by atoms with Crippen LogP contribution in [0, 0.1) is 20.8 Å². The van der Waals surface area contributed by atoms with E-state index in [2.05, 4.69) is 16.0 Å². The van der Waals surface area contributed by atoms with Crippen molar-refractivity contribution in [1.29, 1.82) is 0 Å². The summed E-state index contributed by atoms with van der Waals surface area (Å²) >= 11 is 0. The van der Waals surface area contributed by atoms with E-state index in [1.54, 1.807) is 18.2 Å². The SMILES string of the molecule is Cc1cccc(C(=O)Nc2ccc(NCC(=O)Nc3ccc(C)c(C)c3)cc2)c1. The first-order valence-electron chi connectivity index (χ1n) is 9.50. The second-order valence-electron chi connectivity index (χ2n) is 7.10. The lowest BCUT2D eigenvalue weighted by atomic mass is 10.1. The summed E-state index contributed by atoms with van der Waals surface area (Å²) in [7, 11) is 0. The Bertz CT molecular complexity index is 1030. The second-order valence-corrected chi connectivity index (χ2v) is 7.10. The van der Waals surface area contributed by atoms with E-state index in [9.17, 15) is 9.59 Å². The molecule has 0 saturated carbocycles. The minimum atomic E-state index is -0.151. The maximum atomic E-state index is 12.3. The van der Waals surface area contributed by atoms with E-state index in [0.717, 1.165) is 22.5 Å². The molecule has 0 aliphatic carbocycles. The molecule has 0 atom stereocenters. The standard InChI is InChI=1S/C24H25N3O2/c1-16-5-4-6-19(13-16)24(29)27-21-11-9-20(10-12-21)25-15-23(28)26-22-8-7-17(2)18(3)14-22/h4-14,25H,15H2,1-3H3,(H,26,28)(H,27,29). The van der Waals surface area contributed by atoms with Gasteiger partial charge in [0, 0.05) is 22.6 Å². The summed E-state index contributed by atoms with van der Waals surface area (Å²) in [6.45, 7) is 6.16. The lowest BCUT2D eigenvalue weighted by molar-refractivity contribution is -0.114. The molecule has 0 aromatic heterocycles. The predicted octanol–water partition coefficient (Wildman–Crippen LogP) is 4.91. The number of hydrogen-bond acceptors (Lipinski definition) is 3. The van der Waals surface area contributed by atoms with Gasteiger partial charge in [-0.05, 0) is 80.4 Å². The number of aryl methyl sites for hydroxylation is 3. The van der Waals surface area contributed by atoms with Gasteiger partial charge in [0.25, 0.3) is 5.91 Å². The van der Waals surface area contributed by atoms with Gasteiger partial charge in [-0.3, -0.25) is 9.59 Å². The molecule has 0 fully saturated rings. The fourth-order valence-electron chi connectivity index (χ4n) is 2.87. The van der Waals surface area contributed by atoms with Gasteiger partial charge in [-0.25, -0.2) is 0 Å². The van der Waals surface area contributed by atoms with Crippen LogP contribution in [0.5, 0.6) is 0 Å². The lowest BCUT2D eigenvalue weighted by Gasteiger charge is -2.10. The molecule has 3 N–H and O–H groups in total. The van der Waals surface area contributed by atoms with E-state index in [-0.39, 0.29) is 18.4 Å². The zero-order chi connectivity index (χ0) is 20.8. The summed E-state index contributed by atoms with van der Waals surface area (Å²) in [6, 6.07) is 20.5. The van der Waals surface area contributed by atoms with Gasteiger partial charge < -0.3 is 16.0 Å². The summed E-state index contributed by atoms with van der Waals surface area (Å²) in [4.78, 5) is 24.5. The Morgan fingerprint density at radius 3 is 2.10 bits per heavy atom. The highest BCUT2D eigenvalue weighted by molar-refractivity contribution is 6.04. The molecule has 5 nitrogen and oxygen atoms in total. The van der Waals surface area contributed by atoms with Crippen molar-refractivity contribution < 1.29 is 9.59 Å². The summed E-state index contributed by atoms with van der Waals surface area (Å²) in [6.07, 6.45) is 0. The van der Waals surface area contributed by atoms with Crippen LogP contribution in [0.15, 0.2) is 66.7 Å². The third-order valence-electron chi connectivity index (χ3n) is 4.67. The van der Waals surface area contributed by atoms with Crippen molar-refractivity contribution in [3.05, 3.63) is 89.0 Å². The maximum absolute atomic E-state index is 12.3. The van der Waals surface area contributed by atoms with Crippen molar-refractivity contribution in [2.45, 2.75) is 20.8 Å². The summed E-state index contributed by atoms with van der Waals surface area (Å²) < 4.78 is 0. The number of carbonyl (C=O) groups excluding carboxylic acids is 2. The highest BCUT2D eigenvalue weighted by atomic mass is 16.2. The van der Waals surface area contributed by atoms with Crippen LogP contribution in [0.2, 0.25) is 0 Å². The predicted molar refractivity (Wildman–Crippen MR) is 119 cm³/mol. The fraction of sp³-hybridized carbons (Fsp3) is 0.167. The first kappa shape index (κ1) is 20.1. The quantitative estimate of drug-likeness (QED) is 0.562. The summed E-state index contributed by atoms with van der Waals surface area (Å²) in [5.41, 5.74) is 6.27. The van der Waals surface area contributed by atoms with Crippen LogP contribution in [0.4, 0.5) is 17.1 Å². The lowest BCUT2D eigenvalue weighted by Crippen LogP contribution is -2.21. The molecule has 148 valence electrons. The van der Waals surface area contributed by atoms with Crippen LogP contribution in [-0.4, -0.2) is 18.4 Å². The Morgan fingerprint density at radius 2 is 1.41 bits per heavy atom. The van der Waals surface area contributed by atoms with Gasteiger partial charge in [-0.1, -0.05) is 23.8 Å². The molecule has 0 spiro atoms. The third kappa shape index (κ3) is 5.69. The van der Waals surface area contributed by atoms with E-state index < -0.39 is 0 Å². The molecule has 0 heterocycles. The van der Waals surface area contributed by atoms with Gasteiger partial charge in [0.05, 0.1) is 6.54 Å². The van der Waals surface area contributed by atoms with E-state index in [4.69, 9.17) is 0 Å². The molecule has 3 aromatic carbocycles. The summed E-state index contributed by atoms with van der Waals surface area (Å²) in [5.74, 6) is -0.271. The van der Waals surface area contributed by atoms with Crippen LogP contribution >= 0.6 is 0 Å². The Labute approximate surface area is 171 Å². The monoisotopic (exact) mass is 387 g/mol. The van der Waals surface area contributed by atoms with E-state index in [1.807, 2.05) is 69.3 Å². The molecular weight excluding hydrogens is 362 g/mol. The Morgan fingerprint density at radius 1 is 0.724 bits per heavy atom. The van der Waals surface area contributed by atoms with Gasteiger partial charge in [0.1, 0.15) is 0 Å². The Balaban J connectivity index is 1.51. The molecule has 3 aromatic rings. The largest absolute Gasteiger partial charge is 0.376 e. The van der Waals surface area contributed by atoms with Crippen molar-refractivity contribution in [1.82, 2.24) is 0 Å². The summed E-state index contributed by atoms with van der Waals surface area (Å²) in [5, 5.41) is 8.84. The topological polar surface area (TPSA) is 70.2 Å². The molecule has 3 rings (SSSR count). The second kappa shape index (κ2) is 9.06. The van der Waals surface area contributed by atoms with Crippen molar-refractivity contribution >= 4 is 28.9 Å². The molecule has 0 aliphatic heterocycles. The smallest absolute Gasteiger partial charge is 0.255 e. The number of benzene rings is 3. The molecule has 2 amide bonds. The zero-order valence-electron chi connectivity index (χ0n) is 16.9. The van der Waals surface area contributed by atoms with E-state index in [1.165, 1.54) is 5.56 Å². The Kier molecular flexibility index (Phi) is 6.29. The number of amides is 2. The molecule has 5 heteroatoms. The average Bonchev–Trinajstić information content (AvgIpc) is 2.70. The van der Waals surface area contributed by atoms with Gasteiger partial charge in [0.15, 0.2) is 0 Å². The molecule has 0 unspecified atom stereocenters. The van der Waals surface area contributed by atoms with Crippen LogP contribution in [0.25, 0.3) is 0 Å². The van der Waals surface area contributed by atoms with Gasteiger partial charge >= 0.3 is 0 Å². The van der Waals surface area contributed by atoms with Crippen molar-refractivity contribution in [3.63, 3.8) is 0 Å². The van der Waals surface area contributed by atoms with E-state index >= 15 is 0 Å². The van der Waals surface area contributed by atoms with Crippen molar-refractivity contribution in [2.75, 3.05) is 22.5 Å². The zero-order valence-corrected chi connectivity index (χ0v) is 16.9. The molecule has 0 radical (unpaired) electrons. The first-order valence-corrected chi connectivity index (χ1v) is 9.50. The third-order valence-corrected chi connectivity index (χ3v) is 4.67. The highest BCUT2D eigenvalue weighted by Crippen LogP contribution is 2.16.